The minimum absolute atomic E-state index is 0. The van der Waals surface area contributed by atoms with E-state index in [1.54, 1.807) is 18.2 Å². The van der Waals surface area contributed by atoms with E-state index in [-0.39, 0.29) is 18.3 Å². The van der Waals surface area contributed by atoms with Gasteiger partial charge in [0.15, 0.2) is 0 Å². The predicted molar refractivity (Wildman–Crippen MR) is 84.4 cm³/mol. The first kappa shape index (κ1) is 15.5. The third kappa shape index (κ3) is 3.04. The lowest BCUT2D eigenvalue weighted by atomic mass is 9.89. The lowest BCUT2D eigenvalue weighted by Gasteiger charge is -2.21. The van der Waals surface area contributed by atoms with Gasteiger partial charge in [-0.1, -0.05) is 18.0 Å². The SMILES string of the molecule is Cl.Nc1ccc(C(=O)NCC2CC3CCC2C3)c(Cl)c1. The number of carbonyl (C=O) groups is 1. The Kier molecular flexibility index (Phi) is 4.82. The van der Waals surface area contributed by atoms with Gasteiger partial charge in [-0.3, -0.25) is 4.79 Å². The Morgan fingerprint density at radius 2 is 2.15 bits per heavy atom. The summed E-state index contributed by atoms with van der Waals surface area (Å²) in [6.45, 7) is 0.778. The maximum absolute atomic E-state index is 12.1. The molecule has 0 spiro atoms. The first-order valence-corrected chi connectivity index (χ1v) is 7.34. The smallest absolute Gasteiger partial charge is 0.252 e. The summed E-state index contributed by atoms with van der Waals surface area (Å²) in [5.74, 6) is 2.31. The van der Waals surface area contributed by atoms with Gasteiger partial charge in [0.05, 0.1) is 10.6 Å². The molecule has 2 saturated carbocycles. The zero-order valence-corrected chi connectivity index (χ0v) is 12.8. The van der Waals surface area contributed by atoms with Crippen molar-refractivity contribution in [3.63, 3.8) is 0 Å². The number of nitrogens with two attached hydrogens (primary N) is 1. The van der Waals surface area contributed by atoms with Gasteiger partial charge in [-0.15, -0.1) is 12.4 Å². The molecule has 5 heteroatoms. The fourth-order valence-corrected chi connectivity index (χ4v) is 3.94. The topological polar surface area (TPSA) is 55.1 Å². The van der Waals surface area contributed by atoms with Gasteiger partial charge in [-0.05, 0) is 55.2 Å². The summed E-state index contributed by atoms with van der Waals surface area (Å²) < 4.78 is 0. The molecule has 20 heavy (non-hydrogen) atoms. The number of carbonyl (C=O) groups excluding carboxylic acids is 1. The van der Waals surface area contributed by atoms with Crippen molar-refractivity contribution >= 4 is 35.6 Å². The molecule has 2 aliphatic rings. The van der Waals surface area contributed by atoms with E-state index in [0.29, 0.717) is 22.2 Å². The molecule has 0 saturated heterocycles. The summed E-state index contributed by atoms with van der Waals surface area (Å²) >= 11 is 6.04. The number of nitrogens with one attached hydrogen (secondary N) is 1. The molecule has 0 aromatic heterocycles. The number of nitrogen functional groups attached to an aromatic ring is 1. The second kappa shape index (κ2) is 6.23. The standard InChI is InChI=1S/C15H19ClN2O.ClH/c16-14-7-12(17)3-4-13(14)15(19)18-8-11-6-9-1-2-10(11)5-9;/h3-4,7,9-11H,1-2,5-6,8,17H2,(H,18,19);1H. The second-order valence-electron chi connectivity index (χ2n) is 5.88. The molecule has 0 heterocycles. The first-order chi connectivity index (χ1) is 9.13. The maximum atomic E-state index is 12.1. The van der Waals surface area contributed by atoms with Gasteiger partial charge >= 0.3 is 0 Å². The third-order valence-corrected chi connectivity index (χ3v) is 4.96. The Hall–Kier alpha value is -0.930. The normalized spacial score (nSPS) is 27.1. The van der Waals surface area contributed by atoms with Crippen LogP contribution in [0.25, 0.3) is 0 Å². The number of benzene rings is 1. The molecule has 1 amide bonds. The molecule has 2 fully saturated rings. The molecule has 3 rings (SSSR count). The Morgan fingerprint density at radius 1 is 1.35 bits per heavy atom. The van der Waals surface area contributed by atoms with E-state index in [4.69, 9.17) is 17.3 Å². The second-order valence-corrected chi connectivity index (χ2v) is 6.29. The summed E-state index contributed by atoms with van der Waals surface area (Å²) in [4.78, 5) is 12.1. The van der Waals surface area contributed by atoms with Crippen molar-refractivity contribution in [2.75, 3.05) is 12.3 Å². The van der Waals surface area contributed by atoms with Gasteiger partial charge in [0.25, 0.3) is 5.91 Å². The summed E-state index contributed by atoms with van der Waals surface area (Å²) in [5.41, 5.74) is 6.72. The van der Waals surface area contributed by atoms with E-state index >= 15 is 0 Å². The Balaban J connectivity index is 0.00000147. The summed E-state index contributed by atoms with van der Waals surface area (Å²) in [6.07, 6.45) is 5.37. The molecule has 2 bridgehead atoms. The van der Waals surface area contributed by atoms with E-state index < -0.39 is 0 Å². The highest BCUT2D eigenvalue weighted by Crippen LogP contribution is 2.47. The number of fused-ring (bicyclic) bond motifs is 2. The van der Waals surface area contributed by atoms with E-state index in [1.165, 1.54) is 25.7 Å². The van der Waals surface area contributed by atoms with Crippen molar-refractivity contribution in [3.05, 3.63) is 28.8 Å². The highest BCUT2D eigenvalue weighted by atomic mass is 35.5. The molecule has 1 aromatic rings. The van der Waals surface area contributed by atoms with Crippen LogP contribution < -0.4 is 11.1 Å². The summed E-state index contributed by atoms with van der Waals surface area (Å²) in [7, 11) is 0. The molecular formula is C15H20Cl2N2O. The van der Waals surface area contributed by atoms with E-state index in [1.807, 2.05) is 0 Å². The highest BCUT2D eigenvalue weighted by molar-refractivity contribution is 6.34. The van der Waals surface area contributed by atoms with Gasteiger partial charge in [-0.25, -0.2) is 0 Å². The number of rotatable bonds is 3. The first-order valence-electron chi connectivity index (χ1n) is 6.96. The third-order valence-electron chi connectivity index (χ3n) is 4.65. The van der Waals surface area contributed by atoms with Crippen LogP contribution in [0.2, 0.25) is 5.02 Å². The van der Waals surface area contributed by atoms with Crippen molar-refractivity contribution < 1.29 is 4.79 Å². The largest absolute Gasteiger partial charge is 0.399 e. The van der Waals surface area contributed by atoms with Gasteiger partial charge in [0.1, 0.15) is 0 Å². The Morgan fingerprint density at radius 3 is 2.75 bits per heavy atom. The van der Waals surface area contributed by atoms with Crippen molar-refractivity contribution in [1.82, 2.24) is 5.32 Å². The molecule has 1 aromatic carbocycles. The van der Waals surface area contributed by atoms with E-state index in [2.05, 4.69) is 5.32 Å². The molecular weight excluding hydrogens is 295 g/mol. The van der Waals surface area contributed by atoms with Crippen molar-refractivity contribution in [1.29, 1.82) is 0 Å². The predicted octanol–water partition coefficient (Wildman–Crippen LogP) is 3.51. The molecule has 3 atom stereocenters. The summed E-state index contributed by atoms with van der Waals surface area (Å²) in [6, 6.07) is 5.01. The van der Waals surface area contributed by atoms with Crippen molar-refractivity contribution in [2.24, 2.45) is 17.8 Å². The monoisotopic (exact) mass is 314 g/mol. The zero-order chi connectivity index (χ0) is 13.4. The molecule has 3 nitrogen and oxygen atoms in total. The molecule has 0 aliphatic heterocycles. The number of anilines is 1. The van der Waals surface area contributed by atoms with Gasteiger partial charge in [-0.2, -0.15) is 0 Å². The minimum atomic E-state index is -0.0900. The van der Waals surface area contributed by atoms with E-state index in [0.717, 1.165) is 18.4 Å². The molecule has 110 valence electrons. The van der Waals surface area contributed by atoms with Gasteiger partial charge in [0.2, 0.25) is 0 Å². The number of halogens is 2. The Labute approximate surface area is 130 Å². The summed E-state index contributed by atoms with van der Waals surface area (Å²) in [5, 5.41) is 3.44. The highest BCUT2D eigenvalue weighted by Gasteiger charge is 2.39. The fraction of sp³-hybridized carbons (Fsp3) is 0.533. The number of amides is 1. The lowest BCUT2D eigenvalue weighted by Crippen LogP contribution is -2.31. The molecule has 2 aliphatic carbocycles. The van der Waals surface area contributed by atoms with Gasteiger partial charge < -0.3 is 11.1 Å². The van der Waals surface area contributed by atoms with E-state index in [9.17, 15) is 4.79 Å². The van der Waals surface area contributed by atoms with Crippen LogP contribution in [0, 0.1) is 17.8 Å². The van der Waals surface area contributed by atoms with Gasteiger partial charge in [0, 0.05) is 12.2 Å². The minimum Gasteiger partial charge on any atom is -0.399 e. The van der Waals surface area contributed by atoms with Crippen molar-refractivity contribution in [3.8, 4) is 0 Å². The van der Waals surface area contributed by atoms with Crippen LogP contribution in [0.3, 0.4) is 0 Å². The lowest BCUT2D eigenvalue weighted by molar-refractivity contribution is 0.0942. The van der Waals surface area contributed by atoms with Crippen LogP contribution in [-0.2, 0) is 0 Å². The van der Waals surface area contributed by atoms with Crippen LogP contribution in [0.15, 0.2) is 18.2 Å². The number of hydrogen-bond donors (Lipinski definition) is 2. The number of hydrogen-bond acceptors (Lipinski definition) is 2. The quantitative estimate of drug-likeness (QED) is 0.839. The Bertz CT molecular complexity index is 507. The average Bonchev–Trinajstić information content (AvgIpc) is 2.98. The van der Waals surface area contributed by atoms with Crippen LogP contribution in [0.4, 0.5) is 5.69 Å². The van der Waals surface area contributed by atoms with Crippen LogP contribution in [-0.4, -0.2) is 12.5 Å². The van der Waals surface area contributed by atoms with Crippen LogP contribution in [0.5, 0.6) is 0 Å². The molecule has 3 unspecified atom stereocenters. The molecule has 3 N–H and O–H groups in total. The van der Waals surface area contributed by atoms with Crippen LogP contribution in [0.1, 0.15) is 36.0 Å². The zero-order valence-electron chi connectivity index (χ0n) is 11.3. The van der Waals surface area contributed by atoms with Crippen LogP contribution >= 0.6 is 24.0 Å². The van der Waals surface area contributed by atoms with Crippen molar-refractivity contribution in [2.45, 2.75) is 25.7 Å². The average molecular weight is 315 g/mol. The fourth-order valence-electron chi connectivity index (χ4n) is 3.66. The molecule has 0 radical (unpaired) electrons. The maximum Gasteiger partial charge on any atom is 0.252 e.